The van der Waals surface area contributed by atoms with Gasteiger partial charge in [-0.05, 0) is 19.1 Å². The maximum Gasteiger partial charge on any atom is 0.218 e. The zero-order valence-electron chi connectivity index (χ0n) is 17.3. The Morgan fingerprint density at radius 1 is 1.16 bits per heavy atom. The SMILES string of the molecule is CCOCc1nnc(-n2cc(Cl)c3c(NCc4ccc(OC)cc4OC)ncnc32)s1. The Morgan fingerprint density at radius 3 is 2.81 bits per heavy atom. The van der Waals surface area contributed by atoms with Gasteiger partial charge < -0.3 is 19.5 Å². The number of nitrogens with zero attached hydrogens (tertiary/aromatic N) is 5. The van der Waals surface area contributed by atoms with E-state index in [4.69, 9.17) is 25.8 Å². The standard InChI is InChI=1S/C20H21ClN6O3S/c1-4-30-10-16-25-26-20(31-16)27-9-14(21)17-18(23-11-24-19(17)27)22-8-12-5-6-13(28-2)7-15(12)29-3/h5-7,9,11H,4,8,10H2,1-3H3,(H,22,23,24). The molecule has 4 aromatic rings. The van der Waals surface area contributed by atoms with Gasteiger partial charge >= 0.3 is 0 Å². The summed E-state index contributed by atoms with van der Waals surface area (Å²) in [6.45, 7) is 3.47. The van der Waals surface area contributed by atoms with Crippen molar-refractivity contribution < 1.29 is 14.2 Å². The number of nitrogens with one attached hydrogen (secondary N) is 1. The van der Waals surface area contributed by atoms with Crippen molar-refractivity contribution in [3.8, 4) is 16.6 Å². The van der Waals surface area contributed by atoms with Crippen molar-refractivity contribution in [3.63, 3.8) is 0 Å². The van der Waals surface area contributed by atoms with Crippen molar-refractivity contribution in [2.24, 2.45) is 0 Å². The summed E-state index contributed by atoms with van der Waals surface area (Å²) in [6.07, 6.45) is 3.26. The number of rotatable bonds is 9. The second-order valence-corrected chi connectivity index (χ2v) is 7.86. The lowest BCUT2D eigenvalue weighted by molar-refractivity contribution is 0.133. The van der Waals surface area contributed by atoms with Crippen molar-refractivity contribution in [1.29, 1.82) is 0 Å². The van der Waals surface area contributed by atoms with Gasteiger partial charge in [0.15, 0.2) is 5.65 Å². The highest BCUT2D eigenvalue weighted by molar-refractivity contribution is 7.13. The van der Waals surface area contributed by atoms with Gasteiger partial charge in [-0.2, -0.15) is 0 Å². The lowest BCUT2D eigenvalue weighted by Gasteiger charge is -2.12. The predicted molar refractivity (Wildman–Crippen MR) is 120 cm³/mol. The monoisotopic (exact) mass is 460 g/mol. The molecule has 0 aliphatic heterocycles. The molecule has 11 heteroatoms. The van der Waals surface area contributed by atoms with Crippen LogP contribution in [0.1, 0.15) is 17.5 Å². The molecule has 0 fully saturated rings. The third kappa shape index (κ3) is 4.41. The van der Waals surface area contributed by atoms with Crippen molar-refractivity contribution in [1.82, 2.24) is 24.7 Å². The minimum Gasteiger partial charge on any atom is -0.497 e. The molecular weight excluding hydrogens is 440 g/mol. The van der Waals surface area contributed by atoms with Gasteiger partial charge in [-0.15, -0.1) is 10.2 Å². The Labute approximate surface area is 188 Å². The van der Waals surface area contributed by atoms with Crippen LogP contribution in [0.25, 0.3) is 16.2 Å². The Hall–Kier alpha value is -2.95. The fourth-order valence-electron chi connectivity index (χ4n) is 3.06. The normalized spacial score (nSPS) is 11.1. The van der Waals surface area contributed by atoms with Crippen LogP contribution >= 0.6 is 22.9 Å². The largest absolute Gasteiger partial charge is 0.497 e. The van der Waals surface area contributed by atoms with Crippen molar-refractivity contribution in [2.45, 2.75) is 20.1 Å². The Morgan fingerprint density at radius 2 is 2.03 bits per heavy atom. The molecule has 0 aliphatic rings. The fraction of sp³-hybridized carbons (Fsp3) is 0.300. The van der Waals surface area contributed by atoms with E-state index in [1.165, 1.54) is 17.7 Å². The fourth-order valence-corrected chi connectivity index (χ4v) is 4.09. The smallest absolute Gasteiger partial charge is 0.218 e. The van der Waals surface area contributed by atoms with Gasteiger partial charge in [0.2, 0.25) is 5.13 Å². The molecule has 1 N–H and O–H groups in total. The zero-order chi connectivity index (χ0) is 21.8. The molecular formula is C20H21ClN6O3S. The molecule has 0 radical (unpaired) electrons. The first-order chi connectivity index (χ1) is 15.1. The van der Waals surface area contributed by atoms with Crippen LogP contribution in [0.4, 0.5) is 5.82 Å². The molecule has 0 bridgehead atoms. The number of benzene rings is 1. The maximum absolute atomic E-state index is 6.55. The van der Waals surface area contributed by atoms with Gasteiger partial charge in [0.25, 0.3) is 0 Å². The quantitative estimate of drug-likeness (QED) is 0.399. The Balaban J connectivity index is 1.62. The van der Waals surface area contributed by atoms with Crippen LogP contribution in [0.15, 0.2) is 30.7 Å². The highest BCUT2D eigenvalue weighted by atomic mass is 35.5. The molecule has 0 atom stereocenters. The summed E-state index contributed by atoms with van der Waals surface area (Å²) in [5, 5.41) is 14.4. The van der Waals surface area contributed by atoms with Crippen LogP contribution in [-0.2, 0) is 17.9 Å². The molecule has 0 spiro atoms. The molecule has 0 saturated carbocycles. The molecule has 0 saturated heterocycles. The number of aromatic nitrogens is 5. The molecule has 3 heterocycles. The van der Waals surface area contributed by atoms with Gasteiger partial charge in [0.05, 0.1) is 24.6 Å². The summed E-state index contributed by atoms with van der Waals surface area (Å²) >= 11 is 7.98. The topological polar surface area (TPSA) is 96.2 Å². The summed E-state index contributed by atoms with van der Waals surface area (Å²) < 4.78 is 17.9. The highest BCUT2D eigenvalue weighted by Gasteiger charge is 2.18. The van der Waals surface area contributed by atoms with E-state index in [1.807, 2.05) is 29.7 Å². The van der Waals surface area contributed by atoms with Crippen molar-refractivity contribution >= 4 is 39.8 Å². The highest BCUT2D eigenvalue weighted by Crippen LogP contribution is 2.33. The van der Waals surface area contributed by atoms with Crippen molar-refractivity contribution in [3.05, 3.63) is 46.3 Å². The molecule has 3 aromatic heterocycles. The minimum atomic E-state index is 0.423. The minimum absolute atomic E-state index is 0.423. The molecule has 1 aromatic carbocycles. The first-order valence-electron chi connectivity index (χ1n) is 9.51. The van der Waals surface area contributed by atoms with Crippen LogP contribution < -0.4 is 14.8 Å². The van der Waals surface area contributed by atoms with E-state index in [2.05, 4.69) is 25.5 Å². The average Bonchev–Trinajstić information content (AvgIpc) is 3.40. The van der Waals surface area contributed by atoms with E-state index in [9.17, 15) is 0 Å². The van der Waals surface area contributed by atoms with E-state index in [-0.39, 0.29) is 0 Å². The molecule has 0 amide bonds. The number of hydrogen-bond acceptors (Lipinski definition) is 9. The van der Waals surface area contributed by atoms with Crippen LogP contribution in [0, 0.1) is 0 Å². The number of fused-ring (bicyclic) bond motifs is 1. The second kappa shape index (κ2) is 9.46. The number of hydrogen-bond donors (Lipinski definition) is 1. The first-order valence-corrected chi connectivity index (χ1v) is 10.7. The van der Waals surface area contributed by atoms with E-state index in [0.29, 0.717) is 46.8 Å². The lowest BCUT2D eigenvalue weighted by atomic mass is 10.2. The third-order valence-electron chi connectivity index (χ3n) is 4.57. The summed E-state index contributed by atoms with van der Waals surface area (Å²) in [5.41, 5.74) is 1.60. The summed E-state index contributed by atoms with van der Waals surface area (Å²) in [6, 6.07) is 5.66. The predicted octanol–water partition coefficient (Wildman–Crippen LogP) is 4.09. The zero-order valence-corrected chi connectivity index (χ0v) is 18.8. The van der Waals surface area contributed by atoms with Gasteiger partial charge in [0, 0.05) is 31.0 Å². The van der Waals surface area contributed by atoms with Crippen LogP contribution in [-0.4, -0.2) is 45.6 Å². The maximum atomic E-state index is 6.55. The van der Waals surface area contributed by atoms with Gasteiger partial charge in [-0.25, -0.2) is 9.97 Å². The molecule has 31 heavy (non-hydrogen) atoms. The molecule has 4 rings (SSSR count). The number of anilines is 1. The third-order valence-corrected chi connectivity index (χ3v) is 5.75. The van der Waals surface area contributed by atoms with Crippen LogP contribution in [0.5, 0.6) is 11.5 Å². The van der Waals surface area contributed by atoms with E-state index < -0.39 is 0 Å². The summed E-state index contributed by atoms with van der Waals surface area (Å²) in [5.74, 6) is 2.06. The molecule has 0 unspecified atom stereocenters. The second-order valence-electron chi connectivity index (χ2n) is 6.41. The first kappa shape index (κ1) is 21.3. The van der Waals surface area contributed by atoms with Gasteiger partial charge in [-0.1, -0.05) is 22.9 Å². The molecule has 162 valence electrons. The molecule has 9 nitrogen and oxygen atoms in total. The number of methoxy groups -OCH3 is 2. The van der Waals surface area contributed by atoms with E-state index in [0.717, 1.165) is 22.1 Å². The number of ether oxygens (including phenoxy) is 3. The average molecular weight is 461 g/mol. The van der Waals surface area contributed by atoms with Gasteiger partial charge in [-0.3, -0.25) is 4.57 Å². The Kier molecular flexibility index (Phi) is 6.50. The number of halogens is 1. The lowest BCUT2D eigenvalue weighted by Crippen LogP contribution is -2.04. The van der Waals surface area contributed by atoms with E-state index in [1.54, 1.807) is 20.4 Å². The van der Waals surface area contributed by atoms with Crippen molar-refractivity contribution in [2.75, 3.05) is 26.1 Å². The van der Waals surface area contributed by atoms with Crippen LogP contribution in [0.2, 0.25) is 5.02 Å². The summed E-state index contributed by atoms with van der Waals surface area (Å²) in [7, 11) is 3.24. The van der Waals surface area contributed by atoms with Crippen LogP contribution in [0.3, 0.4) is 0 Å². The molecule has 0 aliphatic carbocycles. The van der Waals surface area contributed by atoms with Gasteiger partial charge in [0.1, 0.15) is 35.3 Å². The Bertz CT molecular complexity index is 1200. The van der Waals surface area contributed by atoms with E-state index >= 15 is 0 Å². The summed E-state index contributed by atoms with van der Waals surface area (Å²) in [4.78, 5) is 8.80.